The van der Waals surface area contributed by atoms with Gasteiger partial charge in [-0.1, -0.05) is 25.1 Å². The number of aryl methyl sites for hydroxylation is 2. The van der Waals surface area contributed by atoms with Crippen LogP contribution in [-0.4, -0.2) is 61.6 Å². The highest BCUT2D eigenvalue weighted by atomic mass is 32.2. The summed E-state index contributed by atoms with van der Waals surface area (Å²) in [4.78, 5) is 16.6. The average Bonchev–Trinajstić information content (AvgIpc) is 2.96. The van der Waals surface area contributed by atoms with Crippen LogP contribution in [-0.2, 0) is 16.4 Å². The molecule has 10 heteroatoms. The quantitative estimate of drug-likeness (QED) is 0.264. The van der Waals surface area contributed by atoms with Gasteiger partial charge in [-0.2, -0.15) is 4.98 Å². The van der Waals surface area contributed by atoms with E-state index in [-0.39, 0.29) is 10.7 Å². The fourth-order valence-corrected chi connectivity index (χ4v) is 6.80. The number of anilines is 2. The van der Waals surface area contributed by atoms with Crippen LogP contribution >= 0.6 is 0 Å². The summed E-state index contributed by atoms with van der Waals surface area (Å²) in [6.45, 7) is 3.87. The third-order valence-electron chi connectivity index (χ3n) is 7.89. The van der Waals surface area contributed by atoms with E-state index in [1.165, 1.54) is 20.0 Å². The molecule has 0 aliphatic heterocycles. The van der Waals surface area contributed by atoms with Crippen LogP contribution < -0.4 is 14.8 Å². The first-order valence-electron chi connectivity index (χ1n) is 14.0. The Hall–Kier alpha value is -3.76. The fourth-order valence-electron chi connectivity index (χ4n) is 5.56. The summed E-state index contributed by atoms with van der Waals surface area (Å²) in [6, 6.07) is 15.4. The lowest BCUT2D eigenvalue weighted by Gasteiger charge is -2.32. The van der Waals surface area contributed by atoms with Gasteiger partial charge < -0.3 is 15.0 Å². The van der Waals surface area contributed by atoms with Crippen LogP contribution in [0.4, 0.5) is 11.8 Å². The molecule has 1 aliphatic rings. The van der Waals surface area contributed by atoms with Crippen molar-refractivity contribution in [3.05, 3.63) is 65.9 Å². The normalized spacial score (nSPS) is 17.5. The van der Waals surface area contributed by atoms with Crippen molar-refractivity contribution >= 4 is 32.7 Å². The number of pyridine rings is 1. The van der Waals surface area contributed by atoms with Crippen molar-refractivity contribution in [3.63, 3.8) is 0 Å². The second-order valence-electron chi connectivity index (χ2n) is 10.9. The van der Waals surface area contributed by atoms with Gasteiger partial charge in [0.25, 0.3) is 10.0 Å². The Bertz CT molecular complexity index is 1650. The van der Waals surface area contributed by atoms with Crippen LogP contribution in [0.15, 0.2) is 59.6 Å². The van der Waals surface area contributed by atoms with Crippen LogP contribution in [0.1, 0.15) is 43.7 Å². The predicted octanol–water partition coefficient (Wildman–Crippen LogP) is 5.66. The Morgan fingerprint density at radius 2 is 1.78 bits per heavy atom. The summed E-state index contributed by atoms with van der Waals surface area (Å²) in [5.41, 5.74) is 4.32. The van der Waals surface area contributed by atoms with Crippen molar-refractivity contribution in [2.24, 2.45) is 0 Å². The Balaban J connectivity index is 1.40. The second kappa shape index (κ2) is 12.0. The molecule has 1 fully saturated rings. The predicted molar refractivity (Wildman–Crippen MR) is 164 cm³/mol. The lowest BCUT2D eigenvalue weighted by atomic mass is 9.90. The van der Waals surface area contributed by atoms with Crippen molar-refractivity contribution in [3.8, 4) is 17.0 Å². The zero-order valence-corrected chi connectivity index (χ0v) is 25.1. The largest absolute Gasteiger partial charge is 0.480 e. The van der Waals surface area contributed by atoms with E-state index in [1.807, 2.05) is 18.3 Å². The summed E-state index contributed by atoms with van der Waals surface area (Å²) in [5.74, 6) is 1.17. The van der Waals surface area contributed by atoms with E-state index in [0.29, 0.717) is 29.5 Å². The fraction of sp³-hybridized carbons (Fsp3) is 0.387. The number of fused-ring (bicyclic) bond motifs is 1. The lowest BCUT2D eigenvalue weighted by Crippen LogP contribution is -2.36. The number of nitrogens with zero attached hydrogens (tertiary/aromatic N) is 4. The molecule has 4 aromatic rings. The summed E-state index contributed by atoms with van der Waals surface area (Å²) in [7, 11) is 2.03. The van der Waals surface area contributed by atoms with E-state index in [0.717, 1.165) is 46.9 Å². The molecule has 2 N–H and O–H groups in total. The Labute approximate surface area is 242 Å². The van der Waals surface area contributed by atoms with E-state index in [4.69, 9.17) is 9.72 Å². The van der Waals surface area contributed by atoms with Crippen molar-refractivity contribution < 1.29 is 13.2 Å². The van der Waals surface area contributed by atoms with Gasteiger partial charge in [-0.05, 0) is 100 Å². The highest BCUT2D eigenvalue weighted by Crippen LogP contribution is 2.34. The molecule has 0 spiro atoms. The van der Waals surface area contributed by atoms with Gasteiger partial charge in [-0.25, -0.2) is 18.4 Å². The molecule has 1 saturated carbocycles. The molecule has 0 amide bonds. The number of methoxy groups -OCH3 is 1. The van der Waals surface area contributed by atoms with Gasteiger partial charge >= 0.3 is 0 Å². The molecule has 9 nitrogen and oxygen atoms in total. The standard InChI is InChI=1S/C31H38N6O3S/c1-6-21-17-22(18-23-19-32-31(35-29(21)23)33-24-11-13-25(14-12-24)37(3)4)26-15-16-28(34-30(26)40-5)36-41(38,39)27-10-8-7-9-20(27)2/h7-10,15-19,24-25H,6,11-14H2,1-5H3,(H,34,36)(H,32,33,35)/t24-,25-. The summed E-state index contributed by atoms with van der Waals surface area (Å²) in [6.07, 6.45) is 7.21. The Morgan fingerprint density at radius 3 is 2.46 bits per heavy atom. The minimum absolute atomic E-state index is 0.184. The molecule has 2 heterocycles. The van der Waals surface area contributed by atoms with Crippen LogP contribution in [0.5, 0.6) is 5.88 Å². The van der Waals surface area contributed by atoms with Crippen molar-refractivity contribution in [2.75, 3.05) is 31.2 Å². The van der Waals surface area contributed by atoms with Gasteiger partial charge in [0, 0.05) is 29.2 Å². The number of hydrogen-bond acceptors (Lipinski definition) is 8. The van der Waals surface area contributed by atoms with Gasteiger partial charge in [-0.15, -0.1) is 0 Å². The SMILES string of the molecule is CCc1cc(-c2ccc(NS(=O)(=O)c3ccccc3C)nc2OC)cc2cnc(N[C@H]3CC[C@H](N(C)C)CC3)nc12. The van der Waals surface area contributed by atoms with Gasteiger partial charge in [0.2, 0.25) is 11.8 Å². The van der Waals surface area contributed by atoms with Crippen molar-refractivity contribution in [1.29, 1.82) is 0 Å². The molecule has 5 rings (SSSR count). The lowest BCUT2D eigenvalue weighted by molar-refractivity contribution is 0.221. The summed E-state index contributed by atoms with van der Waals surface area (Å²) in [5, 5.41) is 4.49. The van der Waals surface area contributed by atoms with Crippen molar-refractivity contribution in [2.45, 2.75) is 62.9 Å². The molecule has 0 saturated heterocycles. The second-order valence-corrected chi connectivity index (χ2v) is 12.5. The molecule has 216 valence electrons. The molecule has 41 heavy (non-hydrogen) atoms. The first kappa shape index (κ1) is 28.8. The molecular formula is C31H38N6O3S. The van der Waals surface area contributed by atoms with Crippen molar-refractivity contribution in [1.82, 2.24) is 19.9 Å². The van der Waals surface area contributed by atoms with Crippen LogP contribution in [0.2, 0.25) is 0 Å². The van der Waals surface area contributed by atoms with Gasteiger partial charge in [0.1, 0.15) is 5.82 Å². The molecule has 2 aromatic carbocycles. The third kappa shape index (κ3) is 6.28. The van der Waals surface area contributed by atoms with Gasteiger partial charge in [0.15, 0.2) is 0 Å². The number of hydrogen-bond donors (Lipinski definition) is 2. The monoisotopic (exact) mass is 574 g/mol. The number of aromatic nitrogens is 3. The van der Waals surface area contributed by atoms with E-state index >= 15 is 0 Å². The zero-order chi connectivity index (χ0) is 29.1. The molecule has 0 bridgehead atoms. The topological polar surface area (TPSA) is 109 Å². The van der Waals surface area contributed by atoms with Crippen LogP contribution in [0, 0.1) is 6.92 Å². The first-order valence-corrected chi connectivity index (χ1v) is 15.5. The number of ether oxygens (including phenoxy) is 1. The minimum Gasteiger partial charge on any atom is -0.480 e. The maximum atomic E-state index is 13.0. The van der Waals surface area contributed by atoms with Crippen LogP contribution in [0.25, 0.3) is 22.0 Å². The number of rotatable bonds is 9. The van der Waals surface area contributed by atoms with Gasteiger partial charge in [0.05, 0.1) is 17.5 Å². The van der Waals surface area contributed by atoms with Crippen LogP contribution in [0.3, 0.4) is 0 Å². The van der Waals surface area contributed by atoms with E-state index < -0.39 is 10.0 Å². The first-order chi connectivity index (χ1) is 19.7. The maximum Gasteiger partial charge on any atom is 0.263 e. The maximum absolute atomic E-state index is 13.0. The Morgan fingerprint density at radius 1 is 1.02 bits per heavy atom. The molecule has 0 radical (unpaired) electrons. The molecular weight excluding hydrogens is 536 g/mol. The van der Waals surface area contributed by atoms with E-state index in [9.17, 15) is 8.42 Å². The third-order valence-corrected chi connectivity index (χ3v) is 9.40. The van der Waals surface area contributed by atoms with E-state index in [2.05, 4.69) is 52.0 Å². The number of sulfonamides is 1. The summed E-state index contributed by atoms with van der Waals surface area (Å²) >= 11 is 0. The summed E-state index contributed by atoms with van der Waals surface area (Å²) < 4.78 is 34.2. The zero-order valence-electron chi connectivity index (χ0n) is 24.3. The number of nitrogens with one attached hydrogen (secondary N) is 2. The minimum atomic E-state index is -3.80. The van der Waals surface area contributed by atoms with Gasteiger partial charge in [-0.3, -0.25) is 4.72 Å². The highest BCUT2D eigenvalue weighted by molar-refractivity contribution is 7.92. The highest BCUT2D eigenvalue weighted by Gasteiger charge is 2.23. The van der Waals surface area contributed by atoms with E-state index in [1.54, 1.807) is 37.3 Å². The Kier molecular flexibility index (Phi) is 8.42. The molecule has 0 atom stereocenters. The number of benzene rings is 2. The smallest absolute Gasteiger partial charge is 0.263 e. The molecule has 2 aromatic heterocycles. The average molecular weight is 575 g/mol. The molecule has 1 aliphatic carbocycles. The molecule has 0 unspecified atom stereocenters.